The molecule has 0 fully saturated rings. The fourth-order valence-corrected chi connectivity index (χ4v) is 3.55. The predicted molar refractivity (Wildman–Crippen MR) is 105 cm³/mol. The van der Waals surface area contributed by atoms with Crippen LogP contribution >= 0.6 is 0 Å². The number of aliphatic imine (C=N–C) groups is 1. The first-order valence-corrected chi connectivity index (χ1v) is 8.23. The summed E-state index contributed by atoms with van der Waals surface area (Å²) in [5.41, 5.74) is 4.91. The average Bonchev–Trinajstić information content (AvgIpc) is 2.64. The molecule has 0 aromatic heterocycles. The lowest BCUT2D eigenvalue weighted by Crippen LogP contribution is -1.95. The molecule has 0 N–H and O–H groups in total. The largest absolute Gasteiger partial charge is 0.264 e. The van der Waals surface area contributed by atoms with Crippen molar-refractivity contribution in [3.8, 4) is 0 Å². The maximum atomic E-state index is 4.42. The topological polar surface area (TPSA) is 12.4 Å². The average molecular weight is 309 g/mol. The first-order chi connectivity index (χ1) is 11.8. The number of nitrogens with zero attached hydrogens (tertiary/aromatic N) is 1. The molecule has 0 radical (unpaired) electrons. The summed E-state index contributed by atoms with van der Waals surface area (Å²) < 4.78 is 0. The van der Waals surface area contributed by atoms with Gasteiger partial charge in [0.1, 0.15) is 0 Å². The Morgan fingerprint density at radius 1 is 0.708 bits per heavy atom. The van der Waals surface area contributed by atoms with E-state index >= 15 is 0 Å². The quantitative estimate of drug-likeness (QED) is 0.314. The molecule has 4 aromatic carbocycles. The number of rotatable bonds is 3. The predicted octanol–water partition coefficient (Wildman–Crippen LogP) is 6.22. The minimum Gasteiger partial charge on any atom is -0.264 e. The highest BCUT2D eigenvalue weighted by molar-refractivity contribution is 6.14. The zero-order valence-corrected chi connectivity index (χ0v) is 13.8. The summed E-state index contributed by atoms with van der Waals surface area (Å²) in [5.74, 6) is 0. The van der Waals surface area contributed by atoms with E-state index in [2.05, 4.69) is 91.4 Å². The van der Waals surface area contributed by atoms with Gasteiger partial charge in [0.25, 0.3) is 0 Å². The van der Waals surface area contributed by atoms with Crippen molar-refractivity contribution >= 4 is 33.9 Å². The van der Waals surface area contributed by atoms with Gasteiger partial charge in [0.2, 0.25) is 0 Å². The molecule has 0 atom stereocenters. The Morgan fingerprint density at radius 2 is 1.25 bits per heavy atom. The van der Waals surface area contributed by atoms with E-state index in [0.717, 1.165) is 12.1 Å². The number of fused-ring (bicyclic) bond motifs is 3. The number of aryl methyl sites for hydroxylation is 1. The van der Waals surface area contributed by atoms with Crippen molar-refractivity contribution in [1.29, 1.82) is 0 Å². The fourth-order valence-electron chi connectivity index (χ4n) is 3.55. The third-order valence-electron chi connectivity index (χ3n) is 4.80. The monoisotopic (exact) mass is 309 g/mol. The molecule has 0 aliphatic carbocycles. The zero-order chi connectivity index (χ0) is 16.5. The number of hydrogen-bond acceptors (Lipinski definition) is 1. The van der Waals surface area contributed by atoms with Crippen molar-refractivity contribution < 1.29 is 0 Å². The van der Waals surface area contributed by atoms with Crippen LogP contribution in [0.1, 0.15) is 16.7 Å². The molecule has 0 amide bonds. The maximum absolute atomic E-state index is 4.42. The summed E-state index contributed by atoms with van der Waals surface area (Å²) in [6.45, 7) is 6.03. The minimum atomic E-state index is 0.867. The first-order valence-electron chi connectivity index (χ1n) is 8.23. The van der Waals surface area contributed by atoms with E-state index in [0.29, 0.717) is 0 Å². The molecule has 1 nitrogen and oxygen atoms in total. The normalized spacial score (nSPS) is 11.0. The second kappa shape index (κ2) is 5.93. The van der Waals surface area contributed by atoms with Crippen LogP contribution in [0.4, 0.5) is 5.69 Å². The van der Waals surface area contributed by atoms with Crippen molar-refractivity contribution in [3.05, 3.63) is 89.5 Å². The maximum Gasteiger partial charge on any atom is 0.0742 e. The molecule has 4 aromatic rings. The van der Waals surface area contributed by atoms with Gasteiger partial charge in [-0.1, -0.05) is 72.8 Å². The first kappa shape index (κ1) is 14.6. The van der Waals surface area contributed by atoms with E-state index in [1.807, 2.05) is 0 Å². The van der Waals surface area contributed by atoms with Crippen LogP contribution in [0.2, 0.25) is 0 Å². The van der Waals surface area contributed by atoms with E-state index in [1.54, 1.807) is 0 Å². The lowest BCUT2D eigenvalue weighted by atomic mass is 9.90. The molecule has 1 heteroatoms. The Morgan fingerprint density at radius 3 is 1.92 bits per heavy atom. The molecular formula is C23H19N. The van der Waals surface area contributed by atoms with E-state index in [1.165, 1.54) is 38.2 Å². The summed E-state index contributed by atoms with van der Waals surface area (Å²) in [4.78, 5) is 4.42. The van der Waals surface area contributed by atoms with Crippen LogP contribution in [0.3, 0.4) is 0 Å². The summed E-state index contributed by atoms with van der Waals surface area (Å²) in [5, 5.41) is 4.96. The van der Waals surface area contributed by atoms with Crippen LogP contribution in [0.25, 0.3) is 21.5 Å². The van der Waals surface area contributed by atoms with Crippen molar-refractivity contribution in [1.82, 2.24) is 0 Å². The fraction of sp³-hybridized carbons (Fsp3) is 0.0870. The molecule has 0 bridgehead atoms. The third kappa shape index (κ3) is 2.30. The molecule has 24 heavy (non-hydrogen) atoms. The Hall–Kier alpha value is -2.93. The van der Waals surface area contributed by atoms with Gasteiger partial charge in [-0.3, -0.25) is 4.99 Å². The zero-order valence-electron chi connectivity index (χ0n) is 13.8. The molecule has 4 rings (SSSR count). The highest BCUT2D eigenvalue weighted by Gasteiger charge is 2.14. The second-order valence-corrected chi connectivity index (χ2v) is 6.18. The van der Waals surface area contributed by atoms with Crippen molar-refractivity contribution in [2.75, 3.05) is 0 Å². The van der Waals surface area contributed by atoms with Crippen LogP contribution in [-0.4, -0.2) is 6.72 Å². The van der Waals surface area contributed by atoms with Gasteiger partial charge >= 0.3 is 0 Å². The molecule has 0 heterocycles. The van der Waals surface area contributed by atoms with Gasteiger partial charge in [0.15, 0.2) is 0 Å². The Balaban J connectivity index is 2.09. The summed E-state index contributed by atoms with van der Waals surface area (Å²) >= 11 is 0. The summed E-state index contributed by atoms with van der Waals surface area (Å²) in [7, 11) is 0. The molecule has 0 saturated carbocycles. The van der Waals surface area contributed by atoms with E-state index in [4.69, 9.17) is 0 Å². The smallest absolute Gasteiger partial charge is 0.0742 e. The molecule has 0 aliphatic rings. The van der Waals surface area contributed by atoms with Gasteiger partial charge in [-0.05, 0) is 46.5 Å². The van der Waals surface area contributed by atoms with Crippen LogP contribution in [0.15, 0.2) is 77.8 Å². The van der Waals surface area contributed by atoms with Gasteiger partial charge < -0.3 is 0 Å². The van der Waals surface area contributed by atoms with Crippen molar-refractivity contribution in [2.24, 2.45) is 4.99 Å². The highest BCUT2D eigenvalue weighted by Crippen LogP contribution is 2.39. The van der Waals surface area contributed by atoms with Crippen molar-refractivity contribution in [3.63, 3.8) is 0 Å². The van der Waals surface area contributed by atoms with Gasteiger partial charge in [0.05, 0.1) is 5.69 Å². The van der Waals surface area contributed by atoms with Crippen LogP contribution in [0.5, 0.6) is 0 Å². The van der Waals surface area contributed by atoms with Gasteiger partial charge in [-0.2, -0.15) is 0 Å². The summed E-state index contributed by atoms with van der Waals surface area (Å²) in [6.07, 6.45) is 0.867. The Labute approximate surface area is 142 Å². The van der Waals surface area contributed by atoms with E-state index in [9.17, 15) is 0 Å². The van der Waals surface area contributed by atoms with Gasteiger partial charge in [-0.15, -0.1) is 0 Å². The lowest BCUT2D eigenvalue weighted by molar-refractivity contribution is 1.17. The number of benzene rings is 4. The molecular weight excluding hydrogens is 290 g/mol. The van der Waals surface area contributed by atoms with Gasteiger partial charge in [0, 0.05) is 11.8 Å². The van der Waals surface area contributed by atoms with E-state index < -0.39 is 0 Å². The highest BCUT2D eigenvalue weighted by atomic mass is 14.7. The Kier molecular flexibility index (Phi) is 3.62. The van der Waals surface area contributed by atoms with Gasteiger partial charge in [-0.25, -0.2) is 0 Å². The molecule has 0 saturated heterocycles. The SMILES string of the molecule is C=Nc1c(Cc2ccccc2C)c2ccccc2c2ccccc12. The second-order valence-electron chi connectivity index (χ2n) is 6.18. The molecule has 0 unspecified atom stereocenters. The lowest BCUT2D eigenvalue weighted by Gasteiger charge is -2.15. The number of hydrogen-bond donors (Lipinski definition) is 0. The van der Waals surface area contributed by atoms with E-state index in [-0.39, 0.29) is 0 Å². The van der Waals surface area contributed by atoms with Crippen LogP contribution in [-0.2, 0) is 6.42 Å². The minimum absolute atomic E-state index is 0.867. The van der Waals surface area contributed by atoms with Crippen molar-refractivity contribution in [2.45, 2.75) is 13.3 Å². The summed E-state index contributed by atoms with van der Waals surface area (Å²) in [6, 6.07) is 25.6. The Bertz CT molecular complexity index is 1060. The van der Waals surface area contributed by atoms with Crippen LogP contribution in [0, 0.1) is 6.92 Å². The standard InChI is InChI=1S/C23H19N/c1-16-9-3-4-10-17(16)15-22-20-13-6-5-11-18(20)19-12-7-8-14-21(19)23(22)24-2/h3-14H,2,15H2,1H3. The molecule has 116 valence electrons. The third-order valence-corrected chi connectivity index (χ3v) is 4.80. The molecule has 0 spiro atoms. The molecule has 0 aliphatic heterocycles. The van der Waals surface area contributed by atoms with Crippen LogP contribution < -0.4 is 0 Å².